The normalized spacial score (nSPS) is 14.8. The first-order valence-electron chi connectivity index (χ1n) is 10.0. The zero-order valence-electron chi connectivity index (χ0n) is 16.9. The lowest BCUT2D eigenvalue weighted by molar-refractivity contribution is 0.272. The second-order valence-corrected chi connectivity index (χ2v) is 7.70. The van der Waals surface area contributed by atoms with Crippen molar-refractivity contribution in [3.8, 4) is 0 Å². The van der Waals surface area contributed by atoms with Crippen LogP contribution in [-0.2, 0) is 12.0 Å². The summed E-state index contributed by atoms with van der Waals surface area (Å²) >= 11 is 0. The van der Waals surface area contributed by atoms with Gasteiger partial charge in [-0.15, -0.1) is 0 Å². The van der Waals surface area contributed by atoms with Gasteiger partial charge in [-0.2, -0.15) is 0 Å². The summed E-state index contributed by atoms with van der Waals surface area (Å²) in [6, 6.07) is 17.4. The summed E-state index contributed by atoms with van der Waals surface area (Å²) in [7, 11) is 0. The van der Waals surface area contributed by atoms with Crippen LogP contribution in [0.3, 0.4) is 0 Å². The lowest BCUT2D eigenvalue weighted by atomic mass is 9.78. The third kappa shape index (κ3) is 4.96. The Labute approximate surface area is 159 Å². The van der Waals surface area contributed by atoms with Crippen molar-refractivity contribution in [2.75, 3.05) is 13.2 Å². The summed E-state index contributed by atoms with van der Waals surface area (Å²) in [6.07, 6.45) is 4.92. The van der Waals surface area contributed by atoms with Gasteiger partial charge in [-0.3, -0.25) is 0 Å². The van der Waals surface area contributed by atoms with Crippen LogP contribution in [0.15, 0.2) is 48.5 Å². The van der Waals surface area contributed by atoms with Crippen LogP contribution >= 0.6 is 0 Å². The topological polar surface area (TPSA) is 32.3 Å². The summed E-state index contributed by atoms with van der Waals surface area (Å²) in [4.78, 5) is 0. The highest BCUT2D eigenvalue weighted by molar-refractivity contribution is 5.45. The zero-order valence-corrected chi connectivity index (χ0v) is 16.9. The van der Waals surface area contributed by atoms with Gasteiger partial charge in [-0.1, -0.05) is 81.6 Å². The largest absolute Gasteiger partial charge is 0.395 e. The molecule has 2 aromatic carbocycles. The fourth-order valence-electron chi connectivity index (χ4n) is 3.99. The van der Waals surface area contributed by atoms with Gasteiger partial charge in [-0.05, 0) is 48.4 Å². The van der Waals surface area contributed by atoms with Crippen LogP contribution in [0, 0.1) is 12.8 Å². The zero-order chi connectivity index (χ0) is 19.0. The van der Waals surface area contributed by atoms with E-state index in [0.717, 1.165) is 6.42 Å². The van der Waals surface area contributed by atoms with Crippen molar-refractivity contribution < 1.29 is 5.11 Å². The maximum Gasteiger partial charge on any atom is 0.0667 e. The third-order valence-electron chi connectivity index (χ3n) is 5.45. The smallest absolute Gasteiger partial charge is 0.0667 e. The van der Waals surface area contributed by atoms with Crippen molar-refractivity contribution in [3.63, 3.8) is 0 Å². The molecule has 26 heavy (non-hydrogen) atoms. The van der Waals surface area contributed by atoms with Crippen molar-refractivity contribution in [1.82, 2.24) is 5.32 Å². The average molecular weight is 354 g/mol. The van der Waals surface area contributed by atoms with Crippen molar-refractivity contribution in [1.29, 1.82) is 0 Å². The Morgan fingerprint density at radius 2 is 1.69 bits per heavy atom. The van der Waals surface area contributed by atoms with Crippen molar-refractivity contribution in [3.05, 3.63) is 70.8 Å². The molecule has 0 fully saturated rings. The van der Waals surface area contributed by atoms with Gasteiger partial charge in [0.15, 0.2) is 0 Å². The van der Waals surface area contributed by atoms with Crippen molar-refractivity contribution in [2.45, 2.75) is 58.9 Å². The second kappa shape index (κ2) is 9.89. The van der Waals surface area contributed by atoms with E-state index < -0.39 is 0 Å². The number of aryl methyl sites for hydroxylation is 1. The molecule has 0 saturated heterocycles. The third-order valence-corrected chi connectivity index (χ3v) is 5.45. The Morgan fingerprint density at radius 3 is 2.35 bits per heavy atom. The maximum absolute atomic E-state index is 9.44. The van der Waals surface area contributed by atoms with Crippen LogP contribution in [0.1, 0.15) is 62.3 Å². The summed E-state index contributed by atoms with van der Waals surface area (Å²) in [5, 5.41) is 13.1. The first kappa shape index (κ1) is 20.7. The van der Waals surface area contributed by atoms with Crippen molar-refractivity contribution >= 4 is 0 Å². The lowest BCUT2D eigenvalue weighted by Gasteiger charge is -2.35. The molecule has 2 N–H and O–H groups in total. The second-order valence-electron chi connectivity index (χ2n) is 7.70. The number of hydrogen-bond donors (Lipinski definition) is 2. The van der Waals surface area contributed by atoms with Gasteiger partial charge < -0.3 is 10.4 Å². The molecule has 2 atom stereocenters. The van der Waals surface area contributed by atoms with E-state index in [1.54, 1.807) is 0 Å². The molecular formula is C24H35NO. The molecule has 0 aliphatic carbocycles. The Hall–Kier alpha value is -1.64. The maximum atomic E-state index is 9.44. The Bertz CT molecular complexity index is 681. The summed E-state index contributed by atoms with van der Waals surface area (Å²) in [5.41, 5.74) is 4.98. The molecule has 0 saturated carbocycles. The molecule has 0 heterocycles. The van der Waals surface area contributed by atoms with Gasteiger partial charge in [0.1, 0.15) is 0 Å². The highest BCUT2D eigenvalue weighted by Crippen LogP contribution is 2.34. The van der Waals surface area contributed by atoms with Gasteiger partial charge >= 0.3 is 0 Å². The minimum absolute atomic E-state index is 0.135. The highest BCUT2D eigenvalue weighted by Gasteiger charge is 2.31. The minimum atomic E-state index is -0.310. The fraction of sp³-hybridized carbons (Fsp3) is 0.500. The predicted octanol–water partition coefficient (Wildman–Crippen LogP) is 5.21. The van der Waals surface area contributed by atoms with E-state index in [0.29, 0.717) is 12.5 Å². The molecule has 0 aliphatic rings. The summed E-state index contributed by atoms with van der Waals surface area (Å²) < 4.78 is 0. The molecule has 0 bridgehead atoms. The summed E-state index contributed by atoms with van der Waals surface area (Å²) in [5.74, 6) is 0.676. The van der Waals surface area contributed by atoms with E-state index in [-0.39, 0.29) is 12.1 Å². The SMILES string of the molecule is CCCC[C@@H](C)Cc1ccccc1[C@](C)(NCCO)c1ccccc1C. The molecule has 0 amide bonds. The van der Waals surface area contributed by atoms with Crippen LogP contribution in [-0.4, -0.2) is 18.3 Å². The highest BCUT2D eigenvalue weighted by atomic mass is 16.3. The van der Waals surface area contributed by atoms with Crippen LogP contribution in [0.5, 0.6) is 0 Å². The molecular weight excluding hydrogens is 318 g/mol. The van der Waals surface area contributed by atoms with Gasteiger partial charge in [0.05, 0.1) is 12.1 Å². The Morgan fingerprint density at radius 1 is 1.04 bits per heavy atom. The number of nitrogens with one attached hydrogen (secondary N) is 1. The van der Waals surface area contributed by atoms with Crippen LogP contribution < -0.4 is 5.32 Å². The standard InChI is InChI=1S/C24H35NO/c1-5-6-11-19(2)18-21-13-8-10-15-23(21)24(4,25-16-17-26)22-14-9-7-12-20(22)3/h7-10,12-15,19,25-26H,5-6,11,16-18H2,1-4H3/t19-,24-/m1/s1. The van der Waals surface area contributed by atoms with Crippen LogP contribution in [0.25, 0.3) is 0 Å². The predicted molar refractivity (Wildman–Crippen MR) is 112 cm³/mol. The molecule has 2 nitrogen and oxygen atoms in total. The van der Waals surface area contributed by atoms with E-state index in [1.807, 2.05) is 0 Å². The monoisotopic (exact) mass is 353 g/mol. The minimum Gasteiger partial charge on any atom is -0.395 e. The average Bonchev–Trinajstić information content (AvgIpc) is 2.65. The molecule has 0 radical (unpaired) electrons. The molecule has 0 aliphatic heterocycles. The van der Waals surface area contributed by atoms with E-state index in [9.17, 15) is 5.11 Å². The number of rotatable bonds is 10. The van der Waals surface area contributed by atoms with E-state index in [2.05, 4.69) is 81.5 Å². The molecule has 0 unspecified atom stereocenters. The first-order chi connectivity index (χ1) is 12.5. The van der Waals surface area contributed by atoms with E-state index in [1.165, 1.54) is 41.5 Å². The summed E-state index contributed by atoms with van der Waals surface area (Å²) in [6.45, 7) is 9.75. The van der Waals surface area contributed by atoms with E-state index in [4.69, 9.17) is 0 Å². The fourth-order valence-corrected chi connectivity index (χ4v) is 3.99. The Kier molecular flexibility index (Phi) is 7.86. The van der Waals surface area contributed by atoms with Gasteiger partial charge in [0.25, 0.3) is 0 Å². The quantitative estimate of drug-likeness (QED) is 0.614. The van der Waals surface area contributed by atoms with Crippen molar-refractivity contribution in [2.24, 2.45) is 5.92 Å². The molecule has 2 heteroatoms. The Balaban J connectivity index is 2.44. The van der Waals surface area contributed by atoms with Gasteiger partial charge in [0.2, 0.25) is 0 Å². The molecule has 2 aromatic rings. The molecule has 142 valence electrons. The molecule has 0 spiro atoms. The number of hydrogen-bond acceptors (Lipinski definition) is 2. The number of unbranched alkanes of at least 4 members (excludes halogenated alkanes) is 1. The van der Waals surface area contributed by atoms with Gasteiger partial charge in [-0.25, -0.2) is 0 Å². The first-order valence-corrected chi connectivity index (χ1v) is 10.0. The molecule has 2 rings (SSSR count). The molecule has 0 aromatic heterocycles. The lowest BCUT2D eigenvalue weighted by Crippen LogP contribution is -2.43. The van der Waals surface area contributed by atoms with E-state index >= 15 is 0 Å². The number of benzene rings is 2. The van der Waals surface area contributed by atoms with Gasteiger partial charge in [0, 0.05) is 6.54 Å². The number of aliphatic hydroxyl groups excluding tert-OH is 1. The van der Waals surface area contributed by atoms with Crippen LogP contribution in [0.2, 0.25) is 0 Å². The van der Waals surface area contributed by atoms with Crippen LogP contribution in [0.4, 0.5) is 0 Å². The number of aliphatic hydroxyl groups is 1.